The van der Waals surface area contributed by atoms with Crippen molar-refractivity contribution >= 4 is 0 Å². The van der Waals surface area contributed by atoms with Crippen LogP contribution in [0.5, 0.6) is 0 Å². The van der Waals surface area contributed by atoms with Crippen molar-refractivity contribution in [3.05, 3.63) is 0 Å². The first-order valence-corrected chi connectivity index (χ1v) is 8.53. The van der Waals surface area contributed by atoms with Crippen LogP contribution in [-0.4, -0.2) is 43.5 Å². The van der Waals surface area contributed by atoms with E-state index in [0.717, 1.165) is 32.2 Å². The molecule has 0 bridgehead atoms. The summed E-state index contributed by atoms with van der Waals surface area (Å²) in [6.07, 6.45) is 3.34. The molecule has 1 rings (SSSR count). The Hall–Kier alpha value is -0.220. The van der Waals surface area contributed by atoms with Crippen LogP contribution in [0.2, 0.25) is 0 Å². The minimum absolute atomic E-state index is 0.117. The van der Waals surface area contributed by atoms with Gasteiger partial charge >= 0.3 is 0 Å². The van der Waals surface area contributed by atoms with Crippen molar-refractivity contribution in [2.75, 3.05) is 20.1 Å². The SMILES string of the molecule is CCCNC1CCC(C(C)(C)CC)CC1N(C)CC(F)F. The molecule has 1 fully saturated rings. The Morgan fingerprint density at radius 1 is 1.24 bits per heavy atom. The highest BCUT2D eigenvalue weighted by Crippen LogP contribution is 2.41. The largest absolute Gasteiger partial charge is 0.312 e. The highest BCUT2D eigenvalue weighted by molar-refractivity contribution is 4.94. The third kappa shape index (κ3) is 5.48. The highest BCUT2D eigenvalue weighted by atomic mass is 19.3. The molecule has 0 radical (unpaired) electrons. The van der Waals surface area contributed by atoms with Crippen LogP contribution in [0.15, 0.2) is 0 Å². The molecular formula is C17H34F2N2. The number of hydrogen-bond acceptors (Lipinski definition) is 2. The van der Waals surface area contributed by atoms with Gasteiger partial charge in [0.1, 0.15) is 0 Å². The first kappa shape index (κ1) is 18.8. The van der Waals surface area contributed by atoms with Gasteiger partial charge in [0, 0.05) is 12.1 Å². The van der Waals surface area contributed by atoms with Crippen LogP contribution in [0.3, 0.4) is 0 Å². The molecule has 21 heavy (non-hydrogen) atoms. The van der Waals surface area contributed by atoms with Crippen LogP contribution in [0, 0.1) is 11.3 Å². The second kappa shape index (κ2) is 8.42. The normalized spacial score (nSPS) is 27.6. The first-order valence-electron chi connectivity index (χ1n) is 8.53. The predicted octanol–water partition coefficient (Wildman–Crippen LogP) is 4.16. The molecule has 0 aromatic rings. The van der Waals surface area contributed by atoms with Crippen molar-refractivity contribution in [3.63, 3.8) is 0 Å². The van der Waals surface area contributed by atoms with E-state index < -0.39 is 6.43 Å². The summed E-state index contributed by atoms with van der Waals surface area (Å²) >= 11 is 0. The van der Waals surface area contributed by atoms with Gasteiger partial charge in [-0.2, -0.15) is 0 Å². The average Bonchev–Trinajstić information content (AvgIpc) is 2.44. The van der Waals surface area contributed by atoms with Gasteiger partial charge in [-0.15, -0.1) is 0 Å². The van der Waals surface area contributed by atoms with Gasteiger partial charge in [0.25, 0.3) is 6.43 Å². The van der Waals surface area contributed by atoms with E-state index in [1.54, 1.807) is 0 Å². The molecule has 0 aromatic heterocycles. The van der Waals surface area contributed by atoms with E-state index in [0.29, 0.717) is 17.4 Å². The standard InChI is InChI=1S/C17H34F2N2/c1-6-10-20-14-9-8-13(17(3,4)7-2)11-15(14)21(5)12-16(18)19/h13-16,20H,6-12H2,1-5H3. The second-order valence-electron chi connectivity index (χ2n) is 7.31. The fourth-order valence-corrected chi connectivity index (χ4v) is 3.55. The maximum Gasteiger partial charge on any atom is 0.251 e. The number of nitrogens with zero attached hydrogens (tertiary/aromatic N) is 1. The van der Waals surface area contributed by atoms with Crippen molar-refractivity contribution in [3.8, 4) is 0 Å². The number of rotatable bonds is 8. The molecule has 0 amide bonds. The van der Waals surface area contributed by atoms with Crippen LogP contribution < -0.4 is 5.32 Å². The highest BCUT2D eigenvalue weighted by Gasteiger charge is 2.38. The minimum atomic E-state index is -2.25. The van der Waals surface area contributed by atoms with Crippen molar-refractivity contribution in [1.29, 1.82) is 0 Å². The molecule has 2 nitrogen and oxygen atoms in total. The van der Waals surface area contributed by atoms with E-state index in [1.165, 1.54) is 6.42 Å². The number of halogens is 2. The summed E-state index contributed by atoms with van der Waals surface area (Å²) in [4.78, 5) is 1.88. The molecule has 0 saturated heterocycles. The molecule has 4 heteroatoms. The Bertz CT molecular complexity index is 295. The Morgan fingerprint density at radius 3 is 2.43 bits per heavy atom. The van der Waals surface area contributed by atoms with E-state index in [9.17, 15) is 8.78 Å². The Labute approximate surface area is 129 Å². The lowest BCUT2D eigenvalue weighted by Crippen LogP contribution is -2.54. The summed E-state index contributed by atoms with van der Waals surface area (Å²) in [6, 6.07) is 0.590. The van der Waals surface area contributed by atoms with Gasteiger partial charge in [-0.3, -0.25) is 4.90 Å². The van der Waals surface area contributed by atoms with Crippen LogP contribution in [0.25, 0.3) is 0 Å². The van der Waals surface area contributed by atoms with Crippen molar-refractivity contribution in [2.45, 2.75) is 78.3 Å². The van der Waals surface area contributed by atoms with E-state index in [1.807, 2.05) is 11.9 Å². The van der Waals surface area contributed by atoms with E-state index in [4.69, 9.17) is 0 Å². The van der Waals surface area contributed by atoms with Gasteiger partial charge < -0.3 is 5.32 Å². The fourth-order valence-electron chi connectivity index (χ4n) is 3.55. The third-order valence-corrected chi connectivity index (χ3v) is 5.48. The summed E-state index contributed by atoms with van der Waals surface area (Å²) < 4.78 is 25.5. The van der Waals surface area contributed by atoms with Gasteiger partial charge in [0.05, 0.1) is 6.54 Å². The molecule has 1 aliphatic rings. The number of alkyl halides is 2. The van der Waals surface area contributed by atoms with Crippen LogP contribution in [0.1, 0.15) is 59.8 Å². The molecule has 1 saturated carbocycles. The lowest BCUT2D eigenvalue weighted by atomic mass is 9.67. The lowest BCUT2D eigenvalue weighted by Gasteiger charge is -2.46. The molecule has 3 atom stereocenters. The zero-order valence-corrected chi connectivity index (χ0v) is 14.5. The summed E-state index contributed by atoms with van der Waals surface area (Å²) in [6.45, 7) is 9.89. The molecule has 126 valence electrons. The predicted molar refractivity (Wildman–Crippen MR) is 85.9 cm³/mol. The minimum Gasteiger partial charge on any atom is -0.312 e. The summed E-state index contributed by atoms with van der Waals surface area (Å²) in [5, 5.41) is 3.58. The molecule has 0 spiro atoms. The Balaban J connectivity index is 2.75. The topological polar surface area (TPSA) is 15.3 Å². The number of hydrogen-bond donors (Lipinski definition) is 1. The lowest BCUT2D eigenvalue weighted by molar-refractivity contribution is 0.0268. The summed E-state index contributed by atoms with van der Waals surface area (Å²) in [7, 11) is 1.86. The van der Waals surface area contributed by atoms with Gasteiger partial charge in [0.15, 0.2) is 0 Å². The van der Waals surface area contributed by atoms with Gasteiger partial charge in [-0.05, 0) is 50.6 Å². The molecular weight excluding hydrogens is 270 g/mol. The van der Waals surface area contributed by atoms with Crippen LogP contribution >= 0.6 is 0 Å². The quantitative estimate of drug-likeness (QED) is 0.724. The fraction of sp³-hybridized carbons (Fsp3) is 1.00. The number of likely N-dealkylation sites (N-methyl/N-ethyl adjacent to an activating group) is 1. The van der Waals surface area contributed by atoms with Crippen LogP contribution in [-0.2, 0) is 0 Å². The van der Waals surface area contributed by atoms with Crippen molar-refractivity contribution in [2.24, 2.45) is 11.3 Å². The van der Waals surface area contributed by atoms with E-state index in [2.05, 4.69) is 33.0 Å². The third-order valence-electron chi connectivity index (χ3n) is 5.48. The average molecular weight is 304 g/mol. The van der Waals surface area contributed by atoms with Gasteiger partial charge in [-0.25, -0.2) is 8.78 Å². The summed E-state index contributed by atoms with van der Waals surface area (Å²) in [5.74, 6) is 0.632. The molecule has 0 aliphatic heterocycles. The maximum absolute atomic E-state index is 12.8. The van der Waals surface area contributed by atoms with Crippen molar-refractivity contribution < 1.29 is 8.78 Å². The van der Waals surface area contributed by atoms with E-state index >= 15 is 0 Å². The smallest absolute Gasteiger partial charge is 0.251 e. The van der Waals surface area contributed by atoms with Gasteiger partial charge in [0.2, 0.25) is 0 Å². The molecule has 1 N–H and O–H groups in total. The number of nitrogens with one attached hydrogen (secondary N) is 1. The molecule has 3 unspecified atom stereocenters. The van der Waals surface area contributed by atoms with E-state index in [-0.39, 0.29) is 12.6 Å². The first-order chi connectivity index (χ1) is 9.81. The molecule has 0 aromatic carbocycles. The molecule has 0 heterocycles. The zero-order valence-electron chi connectivity index (χ0n) is 14.5. The maximum atomic E-state index is 12.8. The molecule has 1 aliphatic carbocycles. The second-order valence-corrected chi connectivity index (χ2v) is 7.31. The van der Waals surface area contributed by atoms with Crippen molar-refractivity contribution in [1.82, 2.24) is 10.2 Å². The van der Waals surface area contributed by atoms with Crippen LogP contribution in [0.4, 0.5) is 8.78 Å². The Morgan fingerprint density at radius 2 is 1.90 bits per heavy atom. The van der Waals surface area contributed by atoms with Gasteiger partial charge in [-0.1, -0.05) is 34.1 Å². The Kier molecular flexibility index (Phi) is 7.55. The monoisotopic (exact) mass is 304 g/mol. The summed E-state index contributed by atoms with van der Waals surface area (Å²) in [5.41, 5.74) is 0.305. The zero-order chi connectivity index (χ0) is 16.0.